The molecule has 2 aromatic carbocycles. The van der Waals surface area contributed by atoms with Crippen LogP contribution in [0.3, 0.4) is 0 Å². The van der Waals surface area contributed by atoms with Crippen molar-refractivity contribution in [3.63, 3.8) is 0 Å². The predicted molar refractivity (Wildman–Crippen MR) is 116 cm³/mol. The molecule has 1 unspecified atom stereocenters. The van der Waals surface area contributed by atoms with Crippen molar-refractivity contribution in [3.8, 4) is 0 Å². The van der Waals surface area contributed by atoms with E-state index in [1.165, 1.54) is 11.1 Å². The molecule has 0 heterocycles. The SMILES string of the molecule is CC(C)(C)[S+]([O-])N=C[C@@H](COCc1ccccc1)N(Cc1ccccc1)C(=O)O. The number of carboxylic acid groups (broad SMARTS) is 1. The van der Waals surface area contributed by atoms with Crippen molar-refractivity contribution in [3.05, 3.63) is 71.8 Å². The summed E-state index contributed by atoms with van der Waals surface area (Å²) in [5, 5.41) is 9.78. The summed E-state index contributed by atoms with van der Waals surface area (Å²) in [6.07, 6.45) is 0.346. The van der Waals surface area contributed by atoms with Crippen LogP contribution in [0.4, 0.5) is 4.79 Å². The van der Waals surface area contributed by atoms with Crippen LogP contribution in [-0.4, -0.2) is 44.3 Å². The molecule has 0 aliphatic rings. The second-order valence-corrected chi connectivity index (χ2v) is 9.51. The number of hydrogen-bond acceptors (Lipinski definition) is 4. The van der Waals surface area contributed by atoms with Crippen molar-refractivity contribution in [1.82, 2.24) is 4.90 Å². The van der Waals surface area contributed by atoms with E-state index in [1.807, 2.05) is 81.4 Å². The second-order valence-electron chi connectivity index (χ2n) is 7.58. The molecule has 0 fully saturated rings. The largest absolute Gasteiger partial charge is 0.591 e. The molecule has 0 saturated carbocycles. The Labute approximate surface area is 175 Å². The summed E-state index contributed by atoms with van der Waals surface area (Å²) >= 11 is -1.48. The van der Waals surface area contributed by atoms with Gasteiger partial charge in [0.1, 0.15) is 16.1 Å². The van der Waals surface area contributed by atoms with E-state index >= 15 is 0 Å². The number of rotatable bonds is 9. The maximum atomic E-state index is 12.3. The van der Waals surface area contributed by atoms with Crippen LogP contribution in [0.2, 0.25) is 0 Å². The van der Waals surface area contributed by atoms with E-state index in [2.05, 4.69) is 4.40 Å². The van der Waals surface area contributed by atoms with Crippen molar-refractivity contribution in [2.24, 2.45) is 4.40 Å². The Bertz CT molecular complexity index is 778. The van der Waals surface area contributed by atoms with Crippen LogP contribution in [0.15, 0.2) is 65.1 Å². The lowest BCUT2D eigenvalue weighted by Crippen LogP contribution is -2.43. The smallest absolute Gasteiger partial charge is 0.408 e. The third-order valence-corrected chi connectivity index (χ3v) is 5.46. The van der Waals surface area contributed by atoms with Gasteiger partial charge in [0.15, 0.2) is 0 Å². The molecule has 0 aliphatic heterocycles. The van der Waals surface area contributed by atoms with Crippen LogP contribution in [0.1, 0.15) is 31.9 Å². The van der Waals surface area contributed by atoms with Gasteiger partial charge in [-0.3, -0.25) is 4.90 Å². The number of nitrogens with zero attached hydrogens (tertiary/aromatic N) is 2. The molecule has 0 radical (unpaired) electrons. The molecule has 7 heteroatoms. The van der Waals surface area contributed by atoms with E-state index in [0.29, 0.717) is 6.61 Å². The first-order valence-corrected chi connectivity index (χ1v) is 10.5. The average Bonchev–Trinajstić information content (AvgIpc) is 2.69. The highest BCUT2D eigenvalue weighted by Gasteiger charge is 2.28. The molecule has 6 nitrogen and oxygen atoms in total. The van der Waals surface area contributed by atoms with Gasteiger partial charge in [-0.1, -0.05) is 65.1 Å². The van der Waals surface area contributed by atoms with Crippen LogP contribution in [0, 0.1) is 0 Å². The average molecular weight is 417 g/mol. The first kappa shape index (κ1) is 22.9. The lowest BCUT2D eigenvalue weighted by atomic mass is 10.2. The zero-order chi connectivity index (χ0) is 21.3. The van der Waals surface area contributed by atoms with E-state index in [0.717, 1.165) is 11.1 Å². The first-order valence-electron chi connectivity index (χ1n) is 9.38. The molecule has 2 atom stereocenters. The van der Waals surface area contributed by atoms with E-state index in [-0.39, 0.29) is 13.2 Å². The highest BCUT2D eigenvalue weighted by Crippen LogP contribution is 2.17. The third kappa shape index (κ3) is 7.89. The molecular weight excluding hydrogens is 388 g/mol. The fourth-order valence-electron chi connectivity index (χ4n) is 2.48. The fourth-order valence-corrected chi connectivity index (χ4v) is 3.04. The van der Waals surface area contributed by atoms with Crippen molar-refractivity contribution in [2.45, 2.75) is 44.7 Å². The number of hydrogen-bond donors (Lipinski definition) is 1. The molecular formula is C22H28N2O4S. The van der Waals surface area contributed by atoms with E-state index in [4.69, 9.17) is 4.74 Å². The summed E-state index contributed by atoms with van der Waals surface area (Å²) in [6.45, 7) is 6.11. The summed E-state index contributed by atoms with van der Waals surface area (Å²) < 4.78 is 21.7. The van der Waals surface area contributed by atoms with Crippen LogP contribution < -0.4 is 0 Å². The van der Waals surface area contributed by atoms with Crippen molar-refractivity contribution in [1.29, 1.82) is 0 Å². The topological polar surface area (TPSA) is 85.2 Å². The molecule has 0 aromatic heterocycles. The summed E-state index contributed by atoms with van der Waals surface area (Å²) in [6, 6.07) is 18.3. The Kier molecular flexibility index (Phi) is 8.70. The second kappa shape index (κ2) is 11.0. The Morgan fingerprint density at radius 3 is 2.21 bits per heavy atom. The summed E-state index contributed by atoms with van der Waals surface area (Å²) in [5.74, 6) is 0. The number of amides is 1. The van der Waals surface area contributed by atoms with Gasteiger partial charge in [-0.2, -0.15) is 0 Å². The molecule has 29 heavy (non-hydrogen) atoms. The third-order valence-electron chi connectivity index (χ3n) is 4.09. The van der Waals surface area contributed by atoms with Crippen LogP contribution in [-0.2, 0) is 29.3 Å². The minimum atomic E-state index is -1.48. The molecule has 0 aliphatic carbocycles. The Morgan fingerprint density at radius 1 is 1.14 bits per heavy atom. The molecule has 156 valence electrons. The Hall–Kier alpha value is -2.35. The van der Waals surface area contributed by atoms with Crippen molar-refractivity contribution in [2.75, 3.05) is 6.61 Å². The Morgan fingerprint density at radius 2 is 1.69 bits per heavy atom. The highest BCUT2D eigenvalue weighted by molar-refractivity contribution is 7.91. The zero-order valence-electron chi connectivity index (χ0n) is 17.0. The van der Waals surface area contributed by atoms with E-state index in [9.17, 15) is 14.5 Å². The lowest BCUT2D eigenvalue weighted by Gasteiger charge is -2.27. The number of ether oxygens (including phenoxy) is 1. The van der Waals surface area contributed by atoms with Gasteiger partial charge in [-0.05, 0) is 31.9 Å². The molecule has 2 aromatic rings. The molecule has 1 amide bonds. The van der Waals surface area contributed by atoms with Gasteiger partial charge in [0.25, 0.3) is 0 Å². The van der Waals surface area contributed by atoms with Gasteiger partial charge >= 0.3 is 6.09 Å². The van der Waals surface area contributed by atoms with Crippen LogP contribution in [0.25, 0.3) is 0 Å². The first-order chi connectivity index (χ1) is 13.8. The standard InChI is InChI=1S/C22H28N2O4S/c1-22(2,3)29(27)23-14-20(17-28-16-19-12-8-5-9-13-19)24(21(25)26)15-18-10-6-4-7-11-18/h4-14,20H,15-17H2,1-3H3,(H,25,26)/t20-,29?/m0/s1. The van der Waals surface area contributed by atoms with Gasteiger partial charge in [-0.15, -0.1) is 0 Å². The Balaban J connectivity index is 2.15. The van der Waals surface area contributed by atoms with Crippen molar-refractivity contribution < 1.29 is 19.2 Å². The maximum Gasteiger partial charge on any atom is 0.408 e. The number of carbonyl (C=O) groups is 1. The molecule has 0 bridgehead atoms. The van der Waals surface area contributed by atoms with Crippen molar-refractivity contribution >= 4 is 23.7 Å². The molecule has 0 spiro atoms. The molecule has 0 saturated heterocycles. The minimum absolute atomic E-state index is 0.110. The van der Waals surface area contributed by atoms with Crippen LogP contribution >= 0.6 is 0 Å². The minimum Gasteiger partial charge on any atom is -0.591 e. The zero-order valence-corrected chi connectivity index (χ0v) is 17.8. The monoisotopic (exact) mass is 416 g/mol. The summed E-state index contributed by atoms with van der Waals surface area (Å²) in [5.41, 5.74) is 1.85. The van der Waals surface area contributed by atoms with Gasteiger partial charge in [-0.25, -0.2) is 4.79 Å². The van der Waals surface area contributed by atoms with Gasteiger partial charge in [0, 0.05) is 6.54 Å². The van der Waals surface area contributed by atoms with Gasteiger partial charge in [0.2, 0.25) is 0 Å². The van der Waals surface area contributed by atoms with Gasteiger partial charge < -0.3 is 14.4 Å². The molecule has 2 rings (SSSR count). The summed E-state index contributed by atoms with van der Waals surface area (Å²) in [7, 11) is 0. The maximum absolute atomic E-state index is 12.3. The van der Waals surface area contributed by atoms with E-state index in [1.54, 1.807) is 0 Å². The number of benzene rings is 2. The summed E-state index contributed by atoms with van der Waals surface area (Å²) in [4.78, 5) is 13.2. The lowest BCUT2D eigenvalue weighted by molar-refractivity contribution is 0.0687. The van der Waals surface area contributed by atoms with Gasteiger partial charge in [0.05, 0.1) is 25.5 Å². The normalized spacial score (nSPS) is 13.9. The highest BCUT2D eigenvalue weighted by atomic mass is 32.2. The predicted octanol–water partition coefficient (Wildman–Crippen LogP) is 4.29. The quantitative estimate of drug-likeness (QED) is 0.488. The van der Waals surface area contributed by atoms with E-state index < -0.39 is 28.2 Å². The fraction of sp³-hybridized carbons (Fsp3) is 0.364. The molecule has 1 N–H and O–H groups in total. The van der Waals surface area contributed by atoms with Crippen LogP contribution in [0.5, 0.6) is 0 Å².